The number of hydrogen-bond acceptors (Lipinski definition) is 8. The van der Waals surface area contributed by atoms with Crippen LogP contribution in [-0.4, -0.2) is 46.1 Å². The van der Waals surface area contributed by atoms with Crippen LogP contribution in [-0.2, 0) is 11.4 Å². The van der Waals surface area contributed by atoms with Gasteiger partial charge in [-0.1, -0.05) is 22.9 Å². The molecule has 0 saturated carbocycles. The van der Waals surface area contributed by atoms with E-state index in [1.165, 1.54) is 11.3 Å². The van der Waals surface area contributed by atoms with Crippen molar-refractivity contribution in [1.29, 1.82) is 0 Å². The molecule has 2 amide bonds. The summed E-state index contributed by atoms with van der Waals surface area (Å²) in [5.74, 6) is 0.634. The first kappa shape index (κ1) is 21.0. The lowest BCUT2D eigenvalue weighted by Gasteiger charge is -2.34. The van der Waals surface area contributed by atoms with E-state index in [0.717, 1.165) is 0 Å². The quantitative estimate of drug-likeness (QED) is 0.584. The average molecular weight is 459 g/mol. The molecule has 1 aliphatic rings. The number of rotatable bonds is 6. The van der Waals surface area contributed by atoms with E-state index >= 15 is 0 Å². The number of aromatic nitrogens is 3. The van der Waals surface area contributed by atoms with Gasteiger partial charge < -0.3 is 15.0 Å². The molecule has 1 atom stereocenters. The van der Waals surface area contributed by atoms with Gasteiger partial charge in [0.05, 0.1) is 12.1 Å². The van der Waals surface area contributed by atoms with Gasteiger partial charge in [0.2, 0.25) is 11.0 Å². The first-order chi connectivity index (χ1) is 15.0. The first-order valence-corrected chi connectivity index (χ1v) is 10.7. The highest BCUT2D eigenvalue weighted by Crippen LogP contribution is 2.24. The molecule has 11 heteroatoms. The lowest BCUT2D eigenvalue weighted by Crippen LogP contribution is -2.53. The van der Waals surface area contributed by atoms with Gasteiger partial charge in [-0.15, -0.1) is 10.2 Å². The summed E-state index contributed by atoms with van der Waals surface area (Å²) in [5.41, 5.74) is 0.359. The van der Waals surface area contributed by atoms with E-state index in [2.05, 4.69) is 25.8 Å². The van der Waals surface area contributed by atoms with E-state index in [0.29, 0.717) is 38.8 Å². The Morgan fingerprint density at radius 2 is 2.13 bits per heavy atom. The number of anilines is 2. The third-order valence-corrected chi connectivity index (χ3v) is 5.67. The number of nitrogens with zero attached hydrogens (tertiary/aromatic N) is 4. The molecule has 3 aromatic rings. The van der Waals surface area contributed by atoms with Crippen molar-refractivity contribution in [3.8, 4) is 5.75 Å². The number of amides is 2. The molecule has 0 radical (unpaired) electrons. The molecule has 31 heavy (non-hydrogen) atoms. The maximum Gasteiger partial charge on any atom is 0.261 e. The van der Waals surface area contributed by atoms with Gasteiger partial charge in [0.1, 0.15) is 18.2 Å². The zero-order valence-electron chi connectivity index (χ0n) is 16.5. The summed E-state index contributed by atoms with van der Waals surface area (Å²) in [7, 11) is 0. The number of ether oxygens (including phenoxy) is 1. The van der Waals surface area contributed by atoms with Gasteiger partial charge in [-0.25, -0.2) is 4.98 Å². The number of hydrogen-bond donors (Lipinski definition) is 2. The van der Waals surface area contributed by atoms with Crippen molar-refractivity contribution in [3.63, 3.8) is 0 Å². The second-order valence-corrected chi connectivity index (χ2v) is 8.35. The maximum atomic E-state index is 12.9. The largest absolute Gasteiger partial charge is 0.486 e. The van der Waals surface area contributed by atoms with E-state index in [4.69, 9.17) is 16.3 Å². The lowest BCUT2D eigenvalue weighted by molar-refractivity contribution is -0.120. The fourth-order valence-corrected chi connectivity index (χ4v) is 3.80. The molecule has 1 aromatic carbocycles. The van der Waals surface area contributed by atoms with Crippen molar-refractivity contribution >= 4 is 45.7 Å². The van der Waals surface area contributed by atoms with Crippen molar-refractivity contribution in [2.75, 3.05) is 23.3 Å². The summed E-state index contributed by atoms with van der Waals surface area (Å²) < 4.78 is 5.65. The van der Waals surface area contributed by atoms with Gasteiger partial charge in [-0.2, -0.15) is 0 Å². The predicted molar refractivity (Wildman–Crippen MR) is 118 cm³/mol. The monoisotopic (exact) mass is 458 g/mol. The first-order valence-electron chi connectivity index (χ1n) is 9.50. The standard InChI is InChI=1S/C20H19ClN6O3S/c1-12-9-23-16(28)10-27(12)18-15(3-2-8-22-18)19(29)24-20-26-25-17(31-20)11-30-14-6-4-13(21)5-7-14/h2-8,12H,9-11H2,1H3,(H,23,28)(H,24,26,29). The minimum absolute atomic E-state index is 0.0114. The molecule has 0 aliphatic carbocycles. The molecule has 1 aliphatic heterocycles. The molecule has 9 nitrogen and oxygen atoms in total. The van der Waals surface area contributed by atoms with E-state index in [1.54, 1.807) is 42.6 Å². The summed E-state index contributed by atoms with van der Waals surface area (Å²) in [6.45, 7) is 2.81. The molecule has 0 spiro atoms. The fourth-order valence-electron chi connectivity index (χ4n) is 3.03. The minimum atomic E-state index is -0.373. The molecule has 1 unspecified atom stereocenters. The molecule has 1 fully saturated rings. The van der Waals surface area contributed by atoms with Crippen LogP contribution >= 0.6 is 22.9 Å². The van der Waals surface area contributed by atoms with Crippen molar-refractivity contribution in [2.45, 2.75) is 19.6 Å². The number of benzene rings is 1. The van der Waals surface area contributed by atoms with Gasteiger partial charge in [0.25, 0.3) is 5.91 Å². The SMILES string of the molecule is CC1CNC(=O)CN1c1ncccc1C(=O)Nc1nnc(COc2ccc(Cl)cc2)s1. The topological polar surface area (TPSA) is 109 Å². The molecule has 160 valence electrons. The maximum absolute atomic E-state index is 12.9. The van der Waals surface area contributed by atoms with Crippen LogP contribution in [0.5, 0.6) is 5.75 Å². The normalized spacial score (nSPS) is 16.0. The molecule has 2 N–H and O–H groups in total. The molecule has 2 aromatic heterocycles. The third-order valence-electron chi connectivity index (χ3n) is 4.61. The fraction of sp³-hybridized carbons (Fsp3) is 0.250. The van der Waals surface area contributed by atoms with Crippen LogP contribution in [0.15, 0.2) is 42.6 Å². The number of carbonyl (C=O) groups is 2. The summed E-state index contributed by atoms with van der Waals surface area (Å²) in [4.78, 5) is 30.9. The molecule has 3 heterocycles. The summed E-state index contributed by atoms with van der Waals surface area (Å²) in [5, 5.41) is 15.2. The zero-order valence-corrected chi connectivity index (χ0v) is 18.1. The molecule has 1 saturated heterocycles. The van der Waals surface area contributed by atoms with Crippen LogP contribution in [0.25, 0.3) is 0 Å². The summed E-state index contributed by atoms with van der Waals surface area (Å²) >= 11 is 7.08. The number of nitrogens with one attached hydrogen (secondary N) is 2. The third kappa shape index (κ3) is 5.09. The Bertz CT molecular complexity index is 1090. The number of halogens is 1. The van der Waals surface area contributed by atoms with Crippen LogP contribution in [0.1, 0.15) is 22.3 Å². The smallest absolute Gasteiger partial charge is 0.261 e. The van der Waals surface area contributed by atoms with Gasteiger partial charge in [0, 0.05) is 23.8 Å². The van der Waals surface area contributed by atoms with Crippen LogP contribution in [0.2, 0.25) is 5.02 Å². The van der Waals surface area contributed by atoms with E-state index in [1.807, 2.05) is 11.8 Å². The van der Waals surface area contributed by atoms with Crippen molar-refractivity contribution in [2.24, 2.45) is 0 Å². The molecule has 4 rings (SSSR count). The van der Waals surface area contributed by atoms with Crippen LogP contribution in [0.4, 0.5) is 10.9 Å². The number of carbonyl (C=O) groups excluding carboxylic acids is 2. The molecular formula is C20H19ClN6O3S. The van der Waals surface area contributed by atoms with Crippen LogP contribution < -0.4 is 20.3 Å². The van der Waals surface area contributed by atoms with E-state index in [-0.39, 0.29) is 31.0 Å². The highest BCUT2D eigenvalue weighted by Gasteiger charge is 2.28. The van der Waals surface area contributed by atoms with Crippen molar-refractivity contribution in [3.05, 3.63) is 58.2 Å². The van der Waals surface area contributed by atoms with Gasteiger partial charge >= 0.3 is 0 Å². The van der Waals surface area contributed by atoms with E-state index < -0.39 is 0 Å². The highest BCUT2D eigenvalue weighted by molar-refractivity contribution is 7.15. The Balaban J connectivity index is 1.43. The van der Waals surface area contributed by atoms with Crippen LogP contribution in [0.3, 0.4) is 0 Å². The summed E-state index contributed by atoms with van der Waals surface area (Å²) in [6, 6.07) is 10.4. The Kier molecular flexibility index (Phi) is 6.28. The second-order valence-electron chi connectivity index (χ2n) is 6.85. The highest BCUT2D eigenvalue weighted by atomic mass is 35.5. The summed E-state index contributed by atoms with van der Waals surface area (Å²) in [6.07, 6.45) is 1.60. The molecular weight excluding hydrogens is 440 g/mol. The van der Waals surface area contributed by atoms with Gasteiger partial charge in [-0.3, -0.25) is 14.9 Å². The van der Waals surface area contributed by atoms with E-state index in [9.17, 15) is 9.59 Å². The van der Waals surface area contributed by atoms with Crippen molar-refractivity contribution < 1.29 is 14.3 Å². The van der Waals surface area contributed by atoms with Gasteiger partial charge in [-0.05, 0) is 43.3 Å². The zero-order chi connectivity index (χ0) is 21.8. The van der Waals surface area contributed by atoms with Gasteiger partial charge in [0.15, 0.2) is 5.01 Å². The Morgan fingerprint density at radius 3 is 2.94 bits per heavy atom. The van der Waals surface area contributed by atoms with Crippen LogP contribution in [0, 0.1) is 0 Å². The Hall–Kier alpha value is -3.24. The molecule has 0 bridgehead atoms. The second kappa shape index (κ2) is 9.27. The Morgan fingerprint density at radius 1 is 1.32 bits per heavy atom. The number of pyridine rings is 1. The minimum Gasteiger partial charge on any atom is -0.486 e. The predicted octanol–water partition coefficient (Wildman–Crippen LogP) is 2.74. The lowest BCUT2D eigenvalue weighted by atomic mass is 10.1. The Labute approximate surface area is 187 Å². The average Bonchev–Trinajstić information content (AvgIpc) is 3.22. The van der Waals surface area contributed by atoms with Crippen molar-refractivity contribution in [1.82, 2.24) is 20.5 Å². The number of piperazine rings is 1.